The Morgan fingerprint density at radius 2 is 1.23 bits per heavy atom. The number of hydrogen-bond acceptors (Lipinski definition) is 4. The van der Waals surface area contributed by atoms with Crippen LogP contribution in [0.2, 0.25) is 0 Å². The van der Waals surface area contributed by atoms with Crippen LogP contribution in [0.25, 0.3) is 67.2 Å². The third-order valence-corrected chi connectivity index (χ3v) is 10.6. The minimum absolute atomic E-state index is 0.625. The molecule has 0 N–H and O–H groups in total. The molecule has 5 aromatic carbocycles. The van der Waals surface area contributed by atoms with E-state index in [9.17, 15) is 0 Å². The average Bonchev–Trinajstić information content (AvgIpc) is 3.47. The first-order valence-electron chi connectivity index (χ1n) is 17.2. The van der Waals surface area contributed by atoms with Crippen LogP contribution in [0.4, 0.5) is 0 Å². The lowest BCUT2D eigenvalue weighted by molar-refractivity contribution is 0.303. The second kappa shape index (κ2) is 11.6. The van der Waals surface area contributed by atoms with Gasteiger partial charge in [-0.3, -0.25) is 0 Å². The highest BCUT2D eigenvalue weighted by Crippen LogP contribution is 2.48. The van der Waals surface area contributed by atoms with Crippen molar-refractivity contribution in [2.75, 3.05) is 0 Å². The summed E-state index contributed by atoms with van der Waals surface area (Å²) in [7, 11) is 0. The molecule has 1 saturated carbocycles. The number of hydrogen-bond donors (Lipinski definition) is 0. The van der Waals surface area contributed by atoms with Crippen LogP contribution in [0.5, 0.6) is 0 Å². The van der Waals surface area contributed by atoms with Crippen LogP contribution in [-0.4, -0.2) is 15.0 Å². The minimum atomic E-state index is 0.625. The van der Waals surface area contributed by atoms with Crippen molar-refractivity contribution in [3.8, 4) is 45.3 Å². The van der Waals surface area contributed by atoms with Gasteiger partial charge in [-0.25, -0.2) is 15.0 Å². The summed E-state index contributed by atoms with van der Waals surface area (Å²) in [5.41, 5.74) is 10.1. The van der Waals surface area contributed by atoms with E-state index in [1.165, 1.54) is 49.7 Å². The molecule has 0 spiro atoms. The van der Waals surface area contributed by atoms with E-state index >= 15 is 0 Å². The van der Waals surface area contributed by atoms with E-state index in [4.69, 9.17) is 19.4 Å². The Balaban J connectivity index is 1.22. The molecule has 47 heavy (non-hydrogen) atoms. The fourth-order valence-electron chi connectivity index (χ4n) is 8.24. The predicted octanol–water partition coefficient (Wildman–Crippen LogP) is 11.6. The summed E-state index contributed by atoms with van der Waals surface area (Å²) in [5, 5.41) is 2.16. The zero-order chi connectivity index (χ0) is 31.3. The van der Waals surface area contributed by atoms with Gasteiger partial charge in [-0.05, 0) is 102 Å². The van der Waals surface area contributed by atoms with Crippen molar-refractivity contribution >= 4 is 21.9 Å². The Kier molecular flexibility index (Phi) is 6.96. The molecule has 230 valence electrons. The smallest absolute Gasteiger partial charge is 0.164 e. The molecule has 4 heteroatoms. The van der Waals surface area contributed by atoms with Crippen molar-refractivity contribution in [2.45, 2.75) is 57.3 Å². The van der Waals surface area contributed by atoms with Crippen LogP contribution in [0.1, 0.15) is 68.4 Å². The molecule has 3 atom stereocenters. The Hall–Kier alpha value is -5.09. The van der Waals surface area contributed by atoms with Gasteiger partial charge >= 0.3 is 0 Å². The molecule has 9 rings (SSSR count). The topological polar surface area (TPSA) is 51.8 Å². The first kappa shape index (κ1) is 28.2. The summed E-state index contributed by atoms with van der Waals surface area (Å²) in [6, 6.07) is 40.6. The van der Waals surface area contributed by atoms with Crippen molar-refractivity contribution in [3.05, 3.63) is 126 Å². The lowest BCUT2D eigenvalue weighted by atomic mass is 9.78. The number of aromatic nitrogens is 3. The quantitative estimate of drug-likeness (QED) is 0.194. The Morgan fingerprint density at radius 3 is 2.06 bits per heavy atom. The van der Waals surface area contributed by atoms with Crippen LogP contribution in [-0.2, 0) is 0 Å². The number of benzene rings is 5. The maximum atomic E-state index is 6.15. The molecule has 0 amide bonds. The molecule has 7 aromatic rings. The number of furan rings is 1. The Morgan fingerprint density at radius 1 is 0.553 bits per heavy atom. The highest BCUT2D eigenvalue weighted by Gasteiger charge is 2.32. The van der Waals surface area contributed by atoms with Crippen LogP contribution < -0.4 is 0 Å². The van der Waals surface area contributed by atoms with E-state index in [2.05, 4.69) is 104 Å². The van der Waals surface area contributed by atoms with E-state index < -0.39 is 0 Å². The van der Waals surface area contributed by atoms with Gasteiger partial charge in [0, 0.05) is 27.5 Å². The second-order valence-electron chi connectivity index (χ2n) is 13.5. The van der Waals surface area contributed by atoms with Crippen molar-refractivity contribution in [1.29, 1.82) is 0 Å². The maximum Gasteiger partial charge on any atom is 0.164 e. The minimum Gasteiger partial charge on any atom is -0.456 e. The van der Waals surface area contributed by atoms with Gasteiger partial charge in [0.15, 0.2) is 17.5 Å². The Bertz CT molecular complexity index is 2250. The van der Waals surface area contributed by atoms with Crippen molar-refractivity contribution in [1.82, 2.24) is 15.0 Å². The number of nitrogens with zero attached hydrogens (tertiary/aromatic N) is 3. The van der Waals surface area contributed by atoms with Gasteiger partial charge in [0.1, 0.15) is 11.2 Å². The molecule has 0 saturated heterocycles. The average molecular weight is 612 g/mol. The summed E-state index contributed by atoms with van der Waals surface area (Å²) in [5.74, 6) is 4.17. The lowest BCUT2D eigenvalue weighted by Gasteiger charge is -2.27. The third-order valence-electron chi connectivity index (χ3n) is 10.6. The van der Waals surface area contributed by atoms with Gasteiger partial charge in [0.2, 0.25) is 0 Å². The summed E-state index contributed by atoms with van der Waals surface area (Å²) in [4.78, 5) is 15.5. The lowest BCUT2D eigenvalue weighted by Crippen LogP contribution is -2.12. The zero-order valence-electron chi connectivity index (χ0n) is 26.7. The highest BCUT2D eigenvalue weighted by atomic mass is 16.3. The van der Waals surface area contributed by atoms with E-state index in [1.807, 2.05) is 18.2 Å². The third kappa shape index (κ3) is 5.13. The van der Waals surface area contributed by atoms with E-state index in [1.54, 1.807) is 5.56 Å². The standard InChI is InChI=1S/C43H37N3O/c1-2-28-22-27-10-8-14-31(23-27)37-25-33(18-20-35(28)37)42-44-41(32-15-9-13-30(24-32)29-11-4-3-5-12-29)45-43(46-42)34-19-21-40-38(26-34)36-16-6-7-17-39(36)47-40/h3-7,9,11-13,15-21,24-28,31H,2,8,10,14,22-23H2,1H3. The van der Waals surface area contributed by atoms with Gasteiger partial charge in [-0.2, -0.15) is 0 Å². The van der Waals surface area contributed by atoms with Gasteiger partial charge in [-0.1, -0.05) is 98.6 Å². The molecule has 2 aliphatic rings. The first-order valence-corrected chi connectivity index (χ1v) is 17.2. The summed E-state index contributed by atoms with van der Waals surface area (Å²) in [6.07, 6.45) is 7.82. The largest absolute Gasteiger partial charge is 0.456 e. The predicted molar refractivity (Wildman–Crippen MR) is 191 cm³/mol. The van der Waals surface area contributed by atoms with Crippen LogP contribution >= 0.6 is 0 Å². The summed E-state index contributed by atoms with van der Waals surface area (Å²) >= 11 is 0. The fraction of sp³-hybridized carbons (Fsp3) is 0.233. The second-order valence-corrected chi connectivity index (χ2v) is 13.5. The number of fused-ring (bicyclic) bond motifs is 7. The van der Waals surface area contributed by atoms with Gasteiger partial charge in [0.25, 0.3) is 0 Å². The number of para-hydroxylation sites is 1. The van der Waals surface area contributed by atoms with Crippen molar-refractivity contribution in [3.63, 3.8) is 0 Å². The van der Waals surface area contributed by atoms with Crippen LogP contribution in [0.3, 0.4) is 0 Å². The Labute approximate surface area is 275 Å². The molecular weight excluding hydrogens is 574 g/mol. The van der Waals surface area contributed by atoms with Gasteiger partial charge in [0.05, 0.1) is 0 Å². The SMILES string of the molecule is CCC1CC2CCCC(C2)c2cc(-c3nc(-c4cccc(-c5ccccc5)c4)nc(-c4ccc5oc6ccccc6c5c4)n3)ccc21. The molecule has 0 radical (unpaired) electrons. The molecular formula is C43H37N3O. The monoisotopic (exact) mass is 611 g/mol. The van der Waals surface area contributed by atoms with E-state index in [0.29, 0.717) is 23.5 Å². The van der Waals surface area contributed by atoms with E-state index in [-0.39, 0.29) is 0 Å². The molecule has 2 heterocycles. The van der Waals surface area contributed by atoms with Gasteiger partial charge in [-0.15, -0.1) is 0 Å². The number of rotatable bonds is 5. The normalized spacial score (nSPS) is 19.0. The maximum absolute atomic E-state index is 6.15. The highest BCUT2D eigenvalue weighted by molar-refractivity contribution is 6.06. The molecule has 2 aromatic heterocycles. The summed E-state index contributed by atoms with van der Waals surface area (Å²) in [6.45, 7) is 2.35. The summed E-state index contributed by atoms with van der Waals surface area (Å²) < 4.78 is 6.15. The molecule has 4 nitrogen and oxygen atoms in total. The van der Waals surface area contributed by atoms with Crippen LogP contribution in [0, 0.1) is 5.92 Å². The molecule has 3 unspecified atom stereocenters. The molecule has 2 bridgehead atoms. The molecule has 0 aliphatic heterocycles. The van der Waals surface area contributed by atoms with Crippen molar-refractivity contribution in [2.24, 2.45) is 5.92 Å². The van der Waals surface area contributed by atoms with Gasteiger partial charge < -0.3 is 4.42 Å². The van der Waals surface area contributed by atoms with Crippen LogP contribution in [0.15, 0.2) is 120 Å². The van der Waals surface area contributed by atoms with Crippen molar-refractivity contribution < 1.29 is 4.42 Å². The first-order chi connectivity index (χ1) is 23.2. The fourth-order valence-corrected chi connectivity index (χ4v) is 8.24. The van der Waals surface area contributed by atoms with E-state index in [0.717, 1.165) is 55.9 Å². The molecule has 2 aliphatic carbocycles. The molecule has 1 fully saturated rings. The zero-order valence-corrected chi connectivity index (χ0v) is 26.7.